The molecule has 1 aliphatic rings. The Morgan fingerprint density at radius 2 is 1.95 bits per heavy atom. The molecular weight excluding hydrogens is 240 g/mol. The highest BCUT2D eigenvalue weighted by Crippen LogP contribution is 2.40. The average molecular weight is 262 g/mol. The Morgan fingerprint density at radius 3 is 2.47 bits per heavy atom. The molecule has 0 aliphatic heterocycles. The summed E-state index contributed by atoms with van der Waals surface area (Å²) in [5.74, 6) is 0.244. The van der Waals surface area contributed by atoms with E-state index < -0.39 is 5.97 Å². The van der Waals surface area contributed by atoms with Crippen molar-refractivity contribution in [1.29, 1.82) is 0 Å². The fraction of sp³-hybridized carbons (Fsp3) is 0.562. The van der Waals surface area contributed by atoms with Gasteiger partial charge in [-0.1, -0.05) is 19.9 Å². The minimum Gasteiger partial charge on any atom is -0.487 e. The molecule has 1 aromatic rings. The van der Waals surface area contributed by atoms with Gasteiger partial charge in [0.05, 0.1) is 5.56 Å². The maximum absolute atomic E-state index is 11.1. The monoisotopic (exact) mass is 262 g/mol. The minimum absolute atomic E-state index is 0.123. The van der Waals surface area contributed by atoms with Crippen molar-refractivity contribution in [2.45, 2.75) is 52.1 Å². The number of hydrogen-bond donors (Lipinski definition) is 1. The zero-order valence-corrected chi connectivity index (χ0v) is 11.9. The van der Waals surface area contributed by atoms with Gasteiger partial charge in [-0.25, -0.2) is 4.79 Å². The summed E-state index contributed by atoms with van der Waals surface area (Å²) in [5.41, 5.74) is 1.16. The van der Waals surface area contributed by atoms with Crippen molar-refractivity contribution in [2.75, 3.05) is 0 Å². The first-order chi connectivity index (χ1) is 8.94. The molecule has 2 rings (SSSR count). The molecule has 0 spiro atoms. The largest absolute Gasteiger partial charge is 0.487 e. The van der Waals surface area contributed by atoms with Crippen LogP contribution >= 0.6 is 0 Å². The maximum atomic E-state index is 11.1. The van der Waals surface area contributed by atoms with Gasteiger partial charge in [0, 0.05) is 0 Å². The summed E-state index contributed by atoms with van der Waals surface area (Å²) < 4.78 is 6.28. The van der Waals surface area contributed by atoms with Crippen LogP contribution in [-0.4, -0.2) is 16.7 Å². The molecule has 104 valence electrons. The molecule has 0 amide bonds. The van der Waals surface area contributed by atoms with Gasteiger partial charge in [-0.2, -0.15) is 0 Å². The van der Waals surface area contributed by atoms with Crippen LogP contribution in [-0.2, 0) is 0 Å². The Labute approximate surface area is 114 Å². The first kappa shape index (κ1) is 13.9. The highest BCUT2D eigenvalue weighted by molar-refractivity contribution is 5.88. The second kappa shape index (κ2) is 5.24. The number of rotatable bonds is 4. The van der Waals surface area contributed by atoms with Gasteiger partial charge in [0.25, 0.3) is 0 Å². The molecule has 0 atom stereocenters. The van der Waals surface area contributed by atoms with Gasteiger partial charge in [0.15, 0.2) is 0 Å². The smallest absolute Gasteiger partial charge is 0.335 e. The Kier molecular flexibility index (Phi) is 3.83. The van der Waals surface area contributed by atoms with Gasteiger partial charge < -0.3 is 9.84 Å². The highest BCUT2D eigenvalue weighted by atomic mass is 16.5. The molecule has 0 heterocycles. The van der Waals surface area contributed by atoms with Crippen LogP contribution < -0.4 is 4.74 Å². The van der Waals surface area contributed by atoms with E-state index in [1.165, 1.54) is 12.8 Å². The average Bonchev–Trinajstić information content (AvgIpc) is 2.81. The Hall–Kier alpha value is -1.51. The van der Waals surface area contributed by atoms with E-state index >= 15 is 0 Å². The molecular formula is C16H22O3. The SMILES string of the molecule is Cc1ccc(C(=O)O)cc1OC1(C(C)C)CCCC1. The predicted molar refractivity (Wildman–Crippen MR) is 74.8 cm³/mol. The van der Waals surface area contributed by atoms with E-state index in [0.29, 0.717) is 5.92 Å². The van der Waals surface area contributed by atoms with E-state index in [1.54, 1.807) is 12.1 Å². The molecule has 19 heavy (non-hydrogen) atoms. The number of ether oxygens (including phenoxy) is 1. The van der Waals surface area contributed by atoms with Crippen LogP contribution in [0.15, 0.2) is 18.2 Å². The molecule has 1 aliphatic carbocycles. The highest BCUT2D eigenvalue weighted by Gasteiger charge is 2.39. The third kappa shape index (κ3) is 2.75. The lowest BCUT2D eigenvalue weighted by atomic mass is 9.88. The zero-order chi connectivity index (χ0) is 14.0. The molecule has 0 unspecified atom stereocenters. The van der Waals surface area contributed by atoms with Crippen LogP contribution in [0.2, 0.25) is 0 Å². The van der Waals surface area contributed by atoms with Gasteiger partial charge >= 0.3 is 5.97 Å². The first-order valence-electron chi connectivity index (χ1n) is 6.97. The molecule has 3 heteroatoms. The standard InChI is InChI=1S/C16H22O3/c1-11(2)16(8-4-5-9-16)19-14-10-13(15(17)18)7-6-12(14)3/h6-7,10-11H,4-5,8-9H2,1-3H3,(H,17,18). The summed E-state index contributed by atoms with van der Waals surface area (Å²) in [7, 11) is 0. The fourth-order valence-corrected chi connectivity index (χ4v) is 2.83. The van der Waals surface area contributed by atoms with E-state index in [9.17, 15) is 4.79 Å². The van der Waals surface area contributed by atoms with E-state index in [2.05, 4.69) is 13.8 Å². The van der Waals surface area contributed by atoms with Crippen molar-refractivity contribution in [3.63, 3.8) is 0 Å². The summed E-state index contributed by atoms with van der Waals surface area (Å²) >= 11 is 0. The second-order valence-corrected chi connectivity index (χ2v) is 5.81. The van der Waals surface area contributed by atoms with Crippen LogP contribution in [0.1, 0.15) is 55.5 Å². The summed E-state index contributed by atoms with van der Waals surface area (Å²) in [4.78, 5) is 11.1. The summed E-state index contributed by atoms with van der Waals surface area (Å²) in [6.07, 6.45) is 4.49. The third-order valence-electron chi connectivity index (χ3n) is 4.25. The summed E-state index contributed by atoms with van der Waals surface area (Å²) in [6, 6.07) is 5.10. The van der Waals surface area contributed by atoms with Gasteiger partial charge in [-0.05, 0) is 56.2 Å². The molecule has 1 fully saturated rings. The van der Waals surface area contributed by atoms with E-state index in [0.717, 1.165) is 24.2 Å². The summed E-state index contributed by atoms with van der Waals surface area (Å²) in [6.45, 7) is 6.33. The van der Waals surface area contributed by atoms with Crippen LogP contribution in [0.25, 0.3) is 0 Å². The van der Waals surface area contributed by atoms with E-state index in [4.69, 9.17) is 9.84 Å². The van der Waals surface area contributed by atoms with Crippen molar-refractivity contribution in [3.05, 3.63) is 29.3 Å². The normalized spacial score (nSPS) is 17.7. The predicted octanol–water partition coefficient (Wildman–Crippen LogP) is 4.04. The number of benzene rings is 1. The maximum Gasteiger partial charge on any atom is 0.335 e. The minimum atomic E-state index is -0.908. The molecule has 0 saturated heterocycles. The topological polar surface area (TPSA) is 46.5 Å². The molecule has 0 bridgehead atoms. The third-order valence-corrected chi connectivity index (χ3v) is 4.25. The number of aromatic carboxylic acids is 1. The van der Waals surface area contributed by atoms with Crippen LogP contribution in [0.5, 0.6) is 5.75 Å². The van der Waals surface area contributed by atoms with Crippen LogP contribution in [0.4, 0.5) is 0 Å². The van der Waals surface area contributed by atoms with Gasteiger partial charge in [-0.15, -0.1) is 0 Å². The Morgan fingerprint density at radius 1 is 1.32 bits per heavy atom. The number of carboxylic acids is 1. The van der Waals surface area contributed by atoms with Gasteiger partial charge in [0.2, 0.25) is 0 Å². The number of carbonyl (C=O) groups is 1. The lowest BCUT2D eigenvalue weighted by Crippen LogP contribution is -2.38. The molecule has 1 saturated carbocycles. The quantitative estimate of drug-likeness (QED) is 0.890. The number of carboxylic acid groups (broad SMARTS) is 1. The fourth-order valence-electron chi connectivity index (χ4n) is 2.83. The molecule has 3 nitrogen and oxygen atoms in total. The van der Waals surface area contributed by atoms with Crippen molar-refractivity contribution in [2.24, 2.45) is 5.92 Å². The molecule has 0 radical (unpaired) electrons. The zero-order valence-electron chi connectivity index (χ0n) is 11.9. The second-order valence-electron chi connectivity index (χ2n) is 5.81. The molecule has 1 N–H and O–H groups in total. The molecule has 1 aromatic carbocycles. The van der Waals surface area contributed by atoms with Gasteiger partial charge in [-0.3, -0.25) is 0 Å². The van der Waals surface area contributed by atoms with Crippen molar-refractivity contribution in [3.8, 4) is 5.75 Å². The van der Waals surface area contributed by atoms with Crippen molar-refractivity contribution >= 4 is 5.97 Å². The molecule has 0 aromatic heterocycles. The number of aryl methyl sites for hydroxylation is 1. The first-order valence-corrected chi connectivity index (χ1v) is 6.97. The van der Waals surface area contributed by atoms with Gasteiger partial charge in [0.1, 0.15) is 11.4 Å². The number of hydrogen-bond acceptors (Lipinski definition) is 2. The van der Waals surface area contributed by atoms with E-state index in [-0.39, 0.29) is 11.2 Å². The summed E-state index contributed by atoms with van der Waals surface area (Å²) in [5, 5.41) is 9.08. The van der Waals surface area contributed by atoms with Crippen molar-refractivity contribution < 1.29 is 14.6 Å². The Bertz CT molecular complexity index is 471. The van der Waals surface area contributed by atoms with Crippen LogP contribution in [0, 0.1) is 12.8 Å². The van der Waals surface area contributed by atoms with Crippen molar-refractivity contribution in [1.82, 2.24) is 0 Å². The van der Waals surface area contributed by atoms with E-state index in [1.807, 2.05) is 13.0 Å². The lowest BCUT2D eigenvalue weighted by molar-refractivity contribution is 0.0280. The lowest BCUT2D eigenvalue weighted by Gasteiger charge is -2.35. The van der Waals surface area contributed by atoms with Crippen LogP contribution in [0.3, 0.4) is 0 Å². The Balaban J connectivity index is 2.31.